The van der Waals surface area contributed by atoms with Crippen LogP contribution in [0, 0.1) is 13.8 Å². The second-order valence-corrected chi connectivity index (χ2v) is 17.4. The number of phenols is 1. The summed E-state index contributed by atoms with van der Waals surface area (Å²) in [6.07, 6.45) is 2.68. The van der Waals surface area contributed by atoms with Crippen LogP contribution in [0.2, 0.25) is 5.02 Å². The Kier molecular flexibility index (Phi) is 13.9. The Hall–Kier alpha value is -4.88. The van der Waals surface area contributed by atoms with E-state index >= 15 is 0 Å². The van der Waals surface area contributed by atoms with Crippen LogP contribution in [0.1, 0.15) is 16.9 Å². The van der Waals surface area contributed by atoms with Gasteiger partial charge >= 0.3 is 0 Å². The third-order valence-electron chi connectivity index (χ3n) is 7.38. The highest BCUT2D eigenvalue weighted by molar-refractivity contribution is 7.90. The molecule has 5 N–H and O–H groups in total. The van der Waals surface area contributed by atoms with Gasteiger partial charge in [0.15, 0.2) is 0 Å². The Morgan fingerprint density at radius 2 is 1.33 bits per heavy atom. The number of hydrogen-bond acceptors (Lipinski definition) is 12. The van der Waals surface area contributed by atoms with Gasteiger partial charge in [-0.05, 0) is 86.6 Å². The average Bonchev–Trinajstić information content (AvgIpc) is 3.57. The lowest BCUT2D eigenvalue weighted by molar-refractivity contribution is 0.475. The zero-order chi connectivity index (χ0) is 39.7. The summed E-state index contributed by atoms with van der Waals surface area (Å²) < 4.78 is 87.5. The SMILES string of the molecule is CS(=O)(=O)CCNCc1ccc(-c2ccc3ncnc(Nc4ccc(O)c(Cl)c4)c3c2)o1.Cc1ccc(S(=O)(=O)O)cc1.Cc1ccc(S(=O)(=O)O)cc1. The van der Waals surface area contributed by atoms with Crippen molar-refractivity contribution in [1.29, 1.82) is 0 Å². The molecule has 18 heteroatoms. The number of hydrogen-bond donors (Lipinski definition) is 5. The van der Waals surface area contributed by atoms with Crippen molar-refractivity contribution in [2.45, 2.75) is 30.2 Å². The molecule has 0 saturated carbocycles. The quantitative estimate of drug-likeness (QED) is 0.0557. The van der Waals surface area contributed by atoms with Crippen LogP contribution >= 0.6 is 11.6 Å². The first-order valence-corrected chi connectivity index (χ1v) is 21.2. The summed E-state index contributed by atoms with van der Waals surface area (Å²) in [6, 6.07) is 26.2. The molecule has 0 aliphatic carbocycles. The van der Waals surface area contributed by atoms with Crippen molar-refractivity contribution in [3.63, 3.8) is 0 Å². The van der Waals surface area contributed by atoms with E-state index in [4.69, 9.17) is 25.1 Å². The maximum absolute atomic E-state index is 11.2. The van der Waals surface area contributed by atoms with E-state index in [0.29, 0.717) is 36.1 Å². The van der Waals surface area contributed by atoms with E-state index in [2.05, 4.69) is 20.6 Å². The number of aromatic hydroxyl groups is 1. The van der Waals surface area contributed by atoms with Gasteiger partial charge in [-0.3, -0.25) is 9.11 Å². The topological polar surface area (TPSA) is 226 Å². The molecule has 6 rings (SSSR count). The molecule has 0 saturated heterocycles. The van der Waals surface area contributed by atoms with Gasteiger partial charge in [-0.1, -0.05) is 47.0 Å². The summed E-state index contributed by atoms with van der Waals surface area (Å²) in [4.78, 5) is 8.53. The lowest BCUT2D eigenvalue weighted by Gasteiger charge is -2.10. The highest BCUT2D eigenvalue weighted by atomic mass is 35.5. The molecule has 0 radical (unpaired) electrons. The first-order chi connectivity index (χ1) is 25.3. The van der Waals surface area contributed by atoms with Gasteiger partial charge in [-0.2, -0.15) is 16.8 Å². The van der Waals surface area contributed by atoms with Gasteiger partial charge in [0.2, 0.25) is 0 Å². The van der Waals surface area contributed by atoms with Crippen molar-refractivity contribution in [2.75, 3.05) is 23.9 Å². The molecule has 0 unspecified atom stereocenters. The number of aromatic nitrogens is 2. The van der Waals surface area contributed by atoms with Crippen LogP contribution in [0.25, 0.3) is 22.2 Å². The number of furan rings is 1. The van der Waals surface area contributed by atoms with E-state index in [0.717, 1.165) is 27.6 Å². The molecule has 14 nitrogen and oxygen atoms in total. The Balaban J connectivity index is 0.000000240. The standard InChI is InChI=1S/C22H21ClN4O4S.2C7H8O3S/c1-32(29,30)9-8-24-12-16-4-7-21(31-16)14-2-5-19-17(10-14)22(26-13-25-19)27-15-3-6-20(28)18(23)11-15;2*1-6-2-4-7(5-3-6)11(8,9)10/h2-7,10-11,13,24,28H,8-9,12H2,1H3,(H,25,26,27);2*2-5H,1H3,(H,8,9,10). The molecular formula is C36H37ClN4O10S3. The van der Waals surface area contributed by atoms with E-state index in [9.17, 15) is 30.4 Å². The molecule has 0 aliphatic heterocycles. The molecule has 0 aliphatic rings. The molecule has 54 heavy (non-hydrogen) atoms. The van der Waals surface area contributed by atoms with Gasteiger partial charge in [0.05, 0.1) is 32.6 Å². The Labute approximate surface area is 318 Å². The summed E-state index contributed by atoms with van der Waals surface area (Å²) in [5, 5.41) is 16.9. The second kappa shape index (κ2) is 18.0. The lowest BCUT2D eigenvalue weighted by atomic mass is 10.1. The van der Waals surface area contributed by atoms with E-state index in [1.54, 1.807) is 36.4 Å². The van der Waals surface area contributed by atoms with E-state index in [1.807, 2.05) is 44.2 Å². The van der Waals surface area contributed by atoms with Crippen LogP contribution in [0.4, 0.5) is 11.5 Å². The lowest BCUT2D eigenvalue weighted by Crippen LogP contribution is -2.21. The number of nitrogens with one attached hydrogen (secondary N) is 2. The number of sulfone groups is 1. The van der Waals surface area contributed by atoms with Crippen molar-refractivity contribution in [3.05, 3.63) is 125 Å². The first-order valence-electron chi connectivity index (χ1n) is 15.8. The third-order valence-corrected chi connectivity index (χ3v) is 10.4. The highest BCUT2D eigenvalue weighted by Gasteiger charge is 2.12. The van der Waals surface area contributed by atoms with Crippen molar-refractivity contribution in [3.8, 4) is 17.1 Å². The normalized spacial score (nSPS) is 11.6. The van der Waals surface area contributed by atoms with Crippen LogP contribution in [-0.2, 0) is 36.6 Å². The number of halogens is 1. The fourth-order valence-electron chi connectivity index (χ4n) is 4.55. The van der Waals surface area contributed by atoms with Crippen molar-refractivity contribution < 1.29 is 43.9 Å². The first kappa shape index (κ1) is 41.9. The van der Waals surface area contributed by atoms with Crippen molar-refractivity contribution >= 4 is 64.1 Å². The summed E-state index contributed by atoms with van der Waals surface area (Å²) in [7, 11) is -11.0. The number of phenolic OH excluding ortho intramolecular Hbond substituents is 1. The molecule has 0 bridgehead atoms. The van der Waals surface area contributed by atoms with Crippen LogP contribution in [-0.4, -0.2) is 68.0 Å². The minimum absolute atomic E-state index is 0.00600. The molecule has 0 atom stereocenters. The van der Waals surface area contributed by atoms with Crippen LogP contribution in [0.5, 0.6) is 5.75 Å². The predicted molar refractivity (Wildman–Crippen MR) is 207 cm³/mol. The molecule has 2 aromatic heterocycles. The number of nitrogens with zero attached hydrogens (tertiary/aromatic N) is 2. The number of rotatable bonds is 10. The van der Waals surface area contributed by atoms with Crippen LogP contribution in [0.15, 0.2) is 118 Å². The summed E-state index contributed by atoms with van der Waals surface area (Å²) in [5.74, 6) is 2.05. The number of aryl methyl sites for hydroxylation is 2. The number of anilines is 2. The molecular weight excluding hydrogens is 780 g/mol. The van der Waals surface area contributed by atoms with Gasteiger partial charge < -0.3 is 20.2 Å². The molecule has 0 fully saturated rings. The van der Waals surface area contributed by atoms with Crippen molar-refractivity contribution in [2.24, 2.45) is 0 Å². The molecule has 4 aromatic carbocycles. The Morgan fingerprint density at radius 3 is 1.87 bits per heavy atom. The van der Waals surface area contributed by atoms with Gasteiger partial charge in [0, 0.05) is 29.4 Å². The summed E-state index contributed by atoms with van der Waals surface area (Å²) in [6.45, 7) is 4.47. The van der Waals surface area contributed by atoms with Gasteiger partial charge in [0.1, 0.15) is 39.3 Å². The van der Waals surface area contributed by atoms with Crippen LogP contribution in [0.3, 0.4) is 0 Å². The second-order valence-electron chi connectivity index (χ2n) is 11.9. The zero-order valence-electron chi connectivity index (χ0n) is 29.1. The molecule has 6 aromatic rings. The van der Waals surface area contributed by atoms with E-state index < -0.39 is 30.1 Å². The minimum Gasteiger partial charge on any atom is -0.506 e. The molecule has 0 amide bonds. The minimum atomic E-state index is -4.02. The predicted octanol–water partition coefficient (Wildman–Crippen LogP) is 6.61. The molecule has 2 heterocycles. The fourth-order valence-corrected chi connectivity index (χ4v) is 6.20. The number of fused-ring (bicyclic) bond motifs is 1. The highest BCUT2D eigenvalue weighted by Crippen LogP contribution is 2.32. The monoisotopic (exact) mass is 816 g/mol. The van der Waals surface area contributed by atoms with Gasteiger partial charge in [-0.15, -0.1) is 0 Å². The summed E-state index contributed by atoms with van der Waals surface area (Å²) >= 11 is 6.00. The van der Waals surface area contributed by atoms with Gasteiger partial charge in [-0.25, -0.2) is 18.4 Å². The third kappa shape index (κ3) is 12.9. The maximum Gasteiger partial charge on any atom is 0.294 e. The van der Waals surface area contributed by atoms with E-state index in [-0.39, 0.29) is 26.3 Å². The van der Waals surface area contributed by atoms with Crippen molar-refractivity contribution in [1.82, 2.24) is 15.3 Å². The average molecular weight is 817 g/mol. The maximum atomic E-state index is 11.2. The summed E-state index contributed by atoms with van der Waals surface area (Å²) in [5.41, 5.74) is 4.19. The van der Waals surface area contributed by atoms with Crippen LogP contribution < -0.4 is 10.6 Å². The Bertz CT molecular complexity index is 2470. The fraction of sp³-hybridized carbons (Fsp3) is 0.167. The molecule has 0 spiro atoms. The molecule has 286 valence electrons. The number of benzene rings is 4. The largest absolute Gasteiger partial charge is 0.506 e. The van der Waals surface area contributed by atoms with E-state index in [1.165, 1.54) is 42.9 Å². The van der Waals surface area contributed by atoms with Gasteiger partial charge in [0.25, 0.3) is 20.2 Å². The smallest absolute Gasteiger partial charge is 0.294 e. The Morgan fingerprint density at radius 1 is 0.741 bits per heavy atom. The zero-order valence-corrected chi connectivity index (χ0v) is 32.3.